The van der Waals surface area contributed by atoms with Crippen molar-refractivity contribution in [3.63, 3.8) is 0 Å². The molecule has 1 aliphatic rings. The molecule has 0 atom stereocenters. The van der Waals surface area contributed by atoms with Gasteiger partial charge in [-0.1, -0.05) is 6.07 Å². The third-order valence-corrected chi connectivity index (χ3v) is 2.30. The lowest BCUT2D eigenvalue weighted by Crippen LogP contribution is -2.35. The molecule has 0 spiro atoms. The molecule has 2 amide bonds. The van der Waals surface area contributed by atoms with E-state index >= 15 is 0 Å². The number of anilines is 1. The molecule has 76 valence electrons. The third kappa shape index (κ3) is 1.60. The van der Waals surface area contributed by atoms with Crippen molar-refractivity contribution in [2.75, 3.05) is 12.4 Å². The summed E-state index contributed by atoms with van der Waals surface area (Å²) in [5, 5.41) is 2.71. The third-order valence-electron chi connectivity index (χ3n) is 2.30. The SMILES string of the molecule is CN1Cc2c(N=C=O)cccc2NC1=O. The van der Waals surface area contributed by atoms with Crippen molar-refractivity contribution in [3.05, 3.63) is 23.8 Å². The van der Waals surface area contributed by atoms with Gasteiger partial charge in [-0.2, -0.15) is 4.99 Å². The Kier molecular flexibility index (Phi) is 2.23. The topological polar surface area (TPSA) is 61.8 Å². The van der Waals surface area contributed by atoms with Gasteiger partial charge in [-0.15, -0.1) is 0 Å². The van der Waals surface area contributed by atoms with Gasteiger partial charge in [0.05, 0.1) is 12.2 Å². The van der Waals surface area contributed by atoms with Crippen LogP contribution in [0.3, 0.4) is 0 Å². The Morgan fingerprint density at radius 1 is 1.53 bits per heavy atom. The maximum Gasteiger partial charge on any atom is 0.321 e. The second kappa shape index (κ2) is 3.55. The number of rotatable bonds is 1. The van der Waals surface area contributed by atoms with Crippen molar-refractivity contribution >= 4 is 23.5 Å². The molecular weight excluding hydrogens is 194 g/mol. The summed E-state index contributed by atoms with van der Waals surface area (Å²) in [5.41, 5.74) is 2.09. The van der Waals surface area contributed by atoms with Gasteiger partial charge in [-0.05, 0) is 12.1 Å². The van der Waals surface area contributed by atoms with Crippen molar-refractivity contribution in [1.29, 1.82) is 0 Å². The van der Waals surface area contributed by atoms with E-state index in [0.29, 0.717) is 17.9 Å². The van der Waals surface area contributed by atoms with Crippen LogP contribution >= 0.6 is 0 Å². The monoisotopic (exact) mass is 203 g/mol. The molecule has 0 unspecified atom stereocenters. The van der Waals surface area contributed by atoms with Crippen LogP contribution in [0.4, 0.5) is 16.2 Å². The smallest absolute Gasteiger partial charge is 0.321 e. The summed E-state index contributed by atoms with van der Waals surface area (Å²) in [6.07, 6.45) is 1.50. The van der Waals surface area contributed by atoms with Crippen molar-refractivity contribution in [3.8, 4) is 0 Å². The second-order valence-electron chi connectivity index (χ2n) is 3.29. The highest BCUT2D eigenvalue weighted by Crippen LogP contribution is 2.30. The van der Waals surface area contributed by atoms with E-state index in [9.17, 15) is 9.59 Å². The van der Waals surface area contributed by atoms with Gasteiger partial charge in [-0.25, -0.2) is 9.59 Å². The number of nitrogens with one attached hydrogen (secondary N) is 1. The average molecular weight is 203 g/mol. The van der Waals surface area contributed by atoms with Crippen LogP contribution in [-0.4, -0.2) is 24.1 Å². The van der Waals surface area contributed by atoms with Crippen LogP contribution in [0.25, 0.3) is 0 Å². The highest BCUT2D eigenvalue weighted by molar-refractivity contribution is 5.93. The maximum absolute atomic E-state index is 11.3. The number of isocyanates is 1. The summed E-state index contributed by atoms with van der Waals surface area (Å²) in [7, 11) is 1.68. The molecule has 0 fully saturated rings. The molecule has 15 heavy (non-hydrogen) atoms. The van der Waals surface area contributed by atoms with Gasteiger partial charge in [0, 0.05) is 18.3 Å². The average Bonchev–Trinajstić information content (AvgIpc) is 2.21. The van der Waals surface area contributed by atoms with Crippen molar-refractivity contribution in [2.45, 2.75) is 6.54 Å². The molecule has 0 saturated heterocycles. The fourth-order valence-electron chi connectivity index (χ4n) is 1.53. The van der Waals surface area contributed by atoms with E-state index in [2.05, 4.69) is 10.3 Å². The number of carbonyl (C=O) groups is 1. The van der Waals surface area contributed by atoms with E-state index in [0.717, 1.165) is 5.56 Å². The molecule has 0 aliphatic carbocycles. The van der Waals surface area contributed by atoms with E-state index in [1.165, 1.54) is 11.0 Å². The summed E-state index contributed by atoms with van der Waals surface area (Å²) in [6, 6.07) is 5.08. The Labute approximate surface area is 86.4 Å². The zero-order chi connectivity index (χ0) is 10.8. The minimum Gasteiger partial charge on any atom is -0.323 e. The summed E-state index contributed by atoms with van der Waals surface area (Å²) in [6.45, 7) is 0.447. The van der Waals surface area contributed by atoms with Crippen LogP contribution in [0, 0.1) is 0 Å². The van der Waals surface area contributed by atoms with Crippen LogP contribution in [0.5, 0.6) is 0 Å². The zero-order valence-electron chi connectivity index (χ0n) is 8.15. The van der Waals surface area contributed by atoms with Crippen molar-refractivity contribution < 1.29 is 9.59 Å². The van der Waals surface area contributed by atoms with Crippen LogP contribution in [0.1, 0.15) is 5.56 Å². The van der Waals surface area contributed by atoms with E-state index in [-0.39, 0.29) is 6.03 Å². The highest BCUT2D eigenvalue weighted by atomic mass is 16.2. The van der Waals surface area contributed by atoms with Crippen LogP contribution in [-0.2, 0) is 11.3 Å². The van der Waals surface area contributed by atoms with E-state index < -0.39 is 0 Å². The van der Waals surface area contributed by atoms with Gasteiger partial charge in [0.2, 0.25) is 6.08 Å². The molecule has 0 aromatic heterocycles. The first-order valence-corrected chi connectivity index (χ1v) is 4.44. The quantitative estimate of drug-likeness (QED) is 0.557. The molecule has 5 nitrogen and oxygen atoms in total. The predicted molar refractivity (Wildman–Crippen MR) is 54.7 cm³/mol. The summed E-state index contributed by atoms with van der Waals surface area (Å²) in [4.78, 5) is 26.7. The minimum atomic E-state index is -0.158. The van der Waals surface area contributed by atoms with Gasteiger partial charge in [0.25, 0.3) is 0 Å². The molecular formula is C10H9N3O2. The predicted octanol–water partition coefficient (Wildman–Crippen LogP) is 1.63. The van der Waals surface area contributed by atoms with Gasteiger partial charge >= 0.3 is 6.03 Å². The molecule has 1 aromatic carbocycles. The number of carbonyl (C=O) groups excluding carboxylic acids is 2. The van der Waals surface area contributed by atoms with Gasteiger partial charge in [0.15, 0.2) is 0 Å². The molecule has 5 heteroatoms. The normalized spacial score (nSPS) is 13.9. The number of hydrogen-bond donors (Lipinski definition) is 1. The Bertz CT molecular complexity index is 464. The molecule has 1 N–H and O–H groups in total. The van der Waals surface area contributed by atoms with Crippen molar-refractivity contribution in [1.82, 2.24) is 4.90 Å². The van der Waals surface area contributed by atoms with E-state index in [1.54, 1.807) is 25.2 Å². The minimum absolute atomic E-state index is 0.158. The lowest BCUT2D eigenvalue weighted by molar-refractivity contribution is 0.218. The Morgan fingerprint density at radius 2 is 2.33 bits per heavy atom. The highest BCUT2D eigenvalue weighted by Gasteiger charge is 2.21. The molecule has 0 bridgehead atoms. The lowest BCUT2D eigenvalue weighted by Gasteiger charge is -2.26. The first-order chi connectivity index (χ1) is 7.22. The van der Waals surface area contributed by atoms with Crippen LogP contribution < -0.4 is 5.32 Å². The van der Waals surface area contributed by atoms with Crippen molar-refractivity contribution in [2.24, 2.45) is 4.99 Å². The van der Waals surface area contributed by atoms with E-state index in [1.807, 2.05) is 0 Å². The number of nitrogens with zero attached hydrogens (tertiary/aromatic N) is 2. The summed E-state index contributed by atoms with van der Waals surface area (Å²) < 4.78 is 0. The van der Waals surface area contributed by atoms with Gasteiger partial charge < -0.3 is 10.2 Å². The van der Waals surface area contributed by atoms with E-state index in [4.69, 9.17) is 0 Å². The Balaban J connectivity index is 2.52. The Hall–Kier alpha value is -2.13. The first-order valence-electron chi connectivity index (χ1n) is 4.44. The zero-order valence-corrected chi connectivity index (χ0v) is 8.15. The summed E-state index contributed by atoms with van der Waals surface area (Å²) >= 11 is 0. The fourth-order valence-corrected chi connectivity index (χ4v) is 1.53. The number of hydrogen-bond acceptors (Lipinski definition) is 3. The molecule has 0 radical (unpaired) electrons. The molecule has 1 aliphatic heterocycles. The summed E-state index contributed by atoms with van der Waals surface area (Å²) in [5.74, 6) is 0. The van der Waals surface area contributed by atoms with Gasteiger partial charge in [0.1, 0.15) is 0 Å². The molecule has 1 heterocycles. The number of amides is 2. The Morgan fingerprint density at radius 3 is 3.07 bits per heavy atom. The first kappa shape index (κ1) is 9.43. The lowest BCUT2D eigenvalue weighted by atomic mass is 10.1. The number of urea groups is 1. The molecule has 1 aromatic rings. The van der Waals surface area contributed by atoms with Gasteiger partial charge in [-0.3, -0.25) is 0 Å². The number of benzene rings is 1. The van der Waals surface area contributed by atoms with Crippen LogP contribution in [0.15, 0.2) is 23.2 Å². The molecule has 0 saturated carbocycles. The fraction of sp³-hybridized carbons (Fsp3) is 0.200. The number of fused-ring (bicyclic) bond motifs is 1. The largest absolute Gasteiger partial charge is 0.323 e. The molecule has 2 rings (SSSR count). The standard InChI is InChI=1S/C10H9N3O2/c1-13-5-7-8(11-6-14)3-2-4-9(7)12-10(13)15/h2-4H,5H2,1H3,(H,12,15). The van der Waals surface area contributed by atoms with Crippen LogP contribution in [0.2, 0.25) is 0 Å². The number of aliphatic imine (C=N–C) groups is 1. The second-order valence-corrected chi connectivity index (χ2v) is 3.29. The maximum atomic E-state index is 11.3.